The van der Waals surface area contributed by atoms with Crippen molar-refractivity contribution in [2.75, 3.05) is 0 Å². The summed E-state index contributed by atoms with van der Waals surface area (Å²) in [6.07, 6.45) is 2.87. The van der Waals surface area contributed by atoms with Crippen molar-refractivity contribution in [3.8, 4) is 11.3 Å². The molecule has 9 heteroatoms. The first kappa shape index (κ1) is 20.1. The first-order valence-electron chi connectivity index (χ1n) is 10.0. The molecule has 2 heterocycles. The third kappa shape index (κ3) is 2.88. The lowest BCUT2D eigenvalue weighted by Gasteiger charge is -2.38. The Bertz CT molecular complexity index is 1080. The largest absolute Gasteiger partial charge is 0.509 e. The van der Waals surface area contributed by atoms with Crippen LogP contribution >= 0.6 is 0 Å². The first-order chi connectivity index (χ1) is 14.2. The first-order valence-corrected chi connectivity index (χ1v) is 10.0. The van der Waals surface area contributed by atoms with Gasteiger partial charge in [0, 0.05) is 5.69 Å². The average Bonchev–Trinajstić information content (AvgIpc) is 3.35. The van der Waals surface area contributed by atoms with Gasteiger partial charge in [-0.2, -0.15) is 0 Å². The molecule has 3 N–H and O–H groups in total. The summed E-state index contributed by atoms with van der Waals surface area (Å²) in [5.41, 5.74) is 0.786. The lowest BCUT2D eigenvalue weighted by Crippen LogP contribution is -2.57. The molecule has 1 aliphatic carbocycles. The van der Waals surface area contributed by atoms with Gasteiger partial charge in [-0.15, -0.1) is 0 Å². The molecule has 0 bridgehead atoms. The van der Waals surface area contributed by atoms with Gasteiger partial charge in [-0.05, 0) is 30.5 Å². The summed E-state index contributed by atoms with van der Waals surface area (Å²) in [6, 6.07) is 13.1. The van der Waals surface area contributed by atoms with E-state index in [9.17, 15) is 24.6 Å². The molecule has 30 heavy (non-hydrogen) atoms. The van der Waals surface area contributed by atoms with Crippen LogP contribution in [0.25, 0.3) is 11.3 Å². The number of allylic oxidation sites excluding steroid dienone is 1. The van der Waals surface area contributed by atoms with Crippen molar-refractivity contribution in [3.05, 3.63) is 59.5 Å². The highest BCUT2D eigenvalue weighted by Crippen LogP contribution is 2.49. The second-order valence-electron chi connectivity index (χ2n) is 8.48. The number of nitrogens with one attached hydrogen (secondary N) is 1. The van der Waals surface area contributed by atoms with Crippen LogP contribution in [0.2, 0.25) is 0 Å². The van der Waals surface area contributed by atoms with Crippen molar-refractivity contribution in [2.45, 2.75) is 36.6 Å². The Kier molecular flexibility index (Phi) is 4.64. The number of rotatable bonds is 4. The smallest absolute Gasteiger partial charge is 0.311 e. The Morgan fingerprint density at radius 1 is 1.03 bits per heavy atom. The standard InChI is InChI=1S/C21H22B2N2O5/c22-21(23,19(29)30)24-18(28)15-16(26)14-9-8-13(12-6-2-1-3-7-12)25(14)20(17(15)27)10-4-5-11-20/h1-3,6-9,27H,4-5,10-11,22-23H2,(H,24,28)(H,29,30). The quantitative estimate of drug-likeness (QED) is 0.510. The number of hydrogen-bond acceptors (Lipinski definition) is 4. The van der Waals surface area contributed by atoms with E-state index in [1.807, 2.05) is 41.0 Å². The average molecular weight is 404 g/mol. The topological polar surface area (TPSA) is 109 Å². The van der Waals surface area contributed by atoms with Gasteiger partial charge < -0.3 is 20.1 Å². The molecule has 1 aromatic carbocycles. The van der Waals surface area contributed by atoms with Crippen LogP contribution in [0.5, 0.6) is 0 Å². The van der Waals surface area contributed by atoms with E-state index < -0.39 is 28.5 Å². The summed E-state index contributed by atoms with van der Waals surface area (Å²) >= 11 is 0. The molecule has 152 valence electrons. The molecule has 1 saturated carbocycles. The van der Waals surface area contributed by atoms with Gasteiger partial charge in [-0.3, -0.25) is 14.4 Å². The van der Waals surface area contributed by atoms with Crippen LogP contribution < -0.4 is 5.32 Å². The maximum atomic E-state index is 13.3. The van der Waals surface area contributed by atoms with Gasteiger partial charge in [-0.25, -0.2) is 0 Å². The van der Waals surface area contributed by atoms with Crippen molar-refractivity contribution in [1.82, 2.24) is 9.88 Å². The third-order valence-corrected chi connectivity index (χ3v) is 6.13. The molecule has 0 atom stereocenters. The monoisotopic (exact) mass is 404 g/mol. The van der Waals surface area contributed by atoms with E-state index in [4.69, 9.17) is 0 Å². The summed E-state index contributed by atoms with van der Waals surface area (Å²) in [4.78, 5) is 37.6. The molecule has 1 fully saturated rings. The highest BCUT2D eigenvalue weighted by molar-refractivity contribution is 6.51. The zero-order valence-electron chi connectivity index (χ0n) is 16.9. The van der Waals surface area contributed by atoms with Gasteiger partial charge in [0.05, 0.1) is 11.0 Å². The number of aliphatic carboxylic acids is 1. The summed E-state index contributed by atoms with van der Waals surface area (Å²) < 4.78 is 1.87. The van der Waals surface area contributed by atoms with E-state index in [0.29, 0.717) is 18.5 Å². The number of carbonyl (C=O) groups excluding carboxylic acids is 2. The lowest BCUT2D eigenvalue weighted by molar-refractivity contribution is -0.140. The van der Waals surface area contributed by atoms with E-state index in [1.165, 1.54) is 15.7 Å². The predicted molar refractivity (Wildman–Crippen MR) is 116 cm³/mol. The van der Waals surface area contributed by atoms with Gasteiger partial charge >= 0.3 is 5.97 Å². The van der Waals surface area contributed by atoms with Crippen LogP contribution in [0.1, 0.15) is 36.2 Å². The number of carboxylic acid groups (broad SMARTS) is 1. The van der Waals surface area contributed by atoms with Crippen LogP contribution in [0, 0.1) is 0 Å². The highest BCUT2D eigenvalue weighted by Gasteiger charge is 2.50. The molecule has 1 aliphatic heterocycles. The fourth-order valence-electron chi connectivity index (χ4n) is 4.51. The molecule has 1 spiro atoms. The van der Waals surface area contributed by atoms with Crippen molar-refractivity contribution < 1.29 is 24.6 Å². The summed E-state index contributed by atoms with van der Waals surface area (Å²) in [6.45, 7) is 0. The van der Waals surface area contributed by atoms with Crippen molar-refractivity contribution >= 4 is 33.4 Å². The lowest BCUT2D eigenvalue weighted by atomic mass is 9.62. The number of ketones is 1. The Hall–Kier alpha value is -3.22. The number of aromatic nitrogens is 1. The van der Waals surface area contributed by atoms with Gasteiger partial charge in [-0.1, -0.05) is 43.2 Å². The second kappa shape index (κ2) is 6.93. The fraction of sp³-hybridized carbons (Fsp3) is 0.286. The van der Waals surface area contributed by atoms with Crippen LogP contribution in [0.4, 0.5) is 0 Å². The van der Waals surface area contributed by atoms with Gasteiger partial charge in [0.25, 0.3) is 5.91 Å². The number of carboxylic acids is 1. The molecule has 2 aliphatic rings. The molecule has 4 rings (SSSR count). The Balaban J connectivity index is 1.87. The molecular weight excluding hydrogens is 382 g/mol. The number of nitrogens with zero attached hydrogens (tertiary/aromatic N) is 1. The predicted octanol–water partition coefficient (Wildman–Crippen LogP) is 0.554. The molecule has 1 aromatic heterocycles. The normalized spacial score (nSPS) is 17.8. The highest BCUT2D eigenvalue weighted by atomic mass is 16.4. The Morgan fingerprint density at radius 3 is 2.23 bits per heavy atom. The van der Waals surface area contributed by atoms with E-state index in [2.05, 4.69) is 5.32 Å². The van der Waals surface area contributed by atoms with Crippen LogP contribution in [-0.2, 0) is 15.1 Å². The number of hydrogen-bond donors (Lipinski definition) is 3. The van der Waals surface area contributed by atoms with E-state index in [1.54, 1.807) is 6.07 Å². The number of Topliss-reactive ketones (excluding diaryl/α,β-unsaturated/α-hetero) is 1. The van der Waals surface area contributed by atoms with Gasteiger partial charge in [0.1, 0.15) is 32.6 Å². The van der Waals surface area contributed by atoms with Crippen LogP contribution in [0.15, 0.2) is 53.8 Å². The molecule has 1 amide bonds. The second-order valence-corrected chi connectivity index (χ2v) is 8.48. The van der Waals surface area contributed by atoms with E-state index in [0.717, 1.165) is 24.1 Å². The molecular formula is C21H22B2N2O5. The Morgan fingerprint density at radius 2 is 1.63 bits per heavy atom. The minimum Gasteiger partial charge on any atom is -0.509 e. The number of carbonyl (C=O) groups is 3. The van der Waals surface area contributed by atoms with E-state index in [-0.39, 0.29) is 11.3 Å². The van der Waals surface area contributed by atoms with Gasteiger partial charge in [0.2, 0.25) is 5.78 Å². The van der Waals surface area contributed by atoms with Crippen LogP contribution in [-0.4, -0.2) is 53.5 Å². The van der Waals surface area contributed by atoms with Crippen molar-refractivity contribution in [3.63, 3.8) is 0 Å². The van der Waals surface area contributed by atoms with Gasteiger partial charge in [0.15, 0.2) is 0 Å². The van der Waals surface area contributed by atoms with Crippen LogP contribution in [0.3, 0.4) is 0 Å². The minimum absolute atomic E-state index is 0.274. The summed E-state index contributed by atoms with van der Waals surface area (Å²) in [5, 5.41) is 21.4. The molecule has 7 nitrogen and oxygen atoms in total. The van der Waals surface area contributed by atoms with Crippen molar-refractivity contribution in [2.24, 2.45) is 0 Å². The maximum absolute atomic E-state index is 13.3. The molecule has 0 unspecified atom stereocenters. The number of aliphatic hydroxyl groups is 1. The number of fused-ring (bicyclic) bond motifs is 2. The zero-order chi connectivity index (χ0) is 21.7. The number of aliphatic hydroxyl groups excluding tert-OH is 1. The SMILES string of the molecule is BC(B)(NC(=O)C1=C(O)C2(CCCC2)n2c(ccc2-c2ccccc2)C1=O)C(=O)O. The summed E-state index contributed by atoms with van der Waals surface area (Å²) in [5.74, 6) is -2.98. The maximum Gasteiger partial charge on any atom is 0.311 e. The fourth-order valence-corrected chi connectivity index (χ4v) is 4.51. The zero-order valence-corrected chi connectivity index (χ0v) is 16.9. The number of amides is 1. The Labute approximate surface area is 175 Å². The third-order valence-electron chi connectivity index (χ3n) is 6.13. The summed E-state index contributed by atoms with van der Waals surface area (Å²) in [7, 11) is 2.67. The molecule has 0 radical (unpaired) electrons. The minimum atomic E-state index is -1.58. The number of benzene rings is 1. The molecule has 0 saturated heterocycles. The molecule has 2 aromatic rings. The van der Waals surface area contributed by atoms with E-state index >= 15 is 0 Å². The van der Waals surface area contributed by atoms with Crippen molar-refractivity contribution in [1.29, 1.82) is 0 Å².